The summed E-state index contributed by atoms with van der Waals surface area (Å²) in [5, 5.41) is 3.67. The number of rotatable bonds is 5. The highest BCUT2D eigenvalue weighted by Gasteiger charge is 2.31. The number of nitrogens with zero attached hydrogens (tertiary/aromatic N) is 5. The van der Waals surface area contributed by atoms with Gasteiger partial charge < -0.3 is 15.1 Å². The fourth-order valence-electron chi connectivity index (χ4n) is 5.52. The zero-order chi connectivity index (χ0) is 22.3. The monoisotopic (exact) mass is 442 g/mol. The van der Waals surface area contributed by atoms with Crippen LogP contribution in [0.3, 0.4) is 0 Å². The lowest BCUT2D eigenvalue weighted by Gasteiger charge is -2.40. The predicted molar refractivity (Wildman–Crippen MR) is 130 cm³/mol. The molecule has 178 valence electrons. The van der Waals surface area contributed by atoms with E-state index in [9.17, 15) is 4.79 Å². The number of carbonyl (C=O) groups excluding carboxylic acids is 1. The molecule has 0 bridgehead atoms. The molecule has 0 saturated carbocycles. The Balaban J connectivity index is 1.38. The third kappa shape index (κ3) is 6.12. The van der Waals surface area contributed by atoms with Gasteiger partial charge in [0.1, 0.15) is 5.82 Å². The van der Waals surface area contributed by atoms with Crippen molar-refractivity contribution in [3.05, 3.63) is 12.3 Å². The lowest BCUT2D eigenvalue weighted by atomic mass is 10.0. The molecule has 3 aliphatic heterocycles. The fourth-order valence-corrected chi connectivity index (χ4v) is 5.52. The van der Waals surface area contributed by atoms with Gasteiger partial charge in [-0.3, -0.25) is 9.69 Å². The second-order valence-corrected chi connectivity index (χ2v) is 10.2. The number of aromatic nitrogens is 2. The van der Waals surface area contributed by atoms with E-state index in [0.717, 1.165) is 63.9 Å². The van der Waals surface area contributed by atoms with Gasteiger partial charge in [0.05, 0.1) is 0 Å². The van der Waals surface area contributed by atoms with Crippen LogP contribution in [-0.4, -0.2) is 77.0 Å². The van der Waals surface area contributed by atoms with E-state index in [-0.39, 0.29) is 5.92 Å². The molecule has 0 aromatic carbocycles. The van der Waals surface area contributed by atoms with Gasteiger partial charge in [-0.05, 0) is 51.1 Å². The van der Waals surface area contributed by atoms with Crippen LogP contribution < -0.4 is 10.2 Å². The molecule has 1 aromatic heterocycles. The lowest BCUT2D eigenvalue weighted by Crippen LogP contribution is -2.52. The topological polar surface area (TPSA) is 64.6 Å². The summed E-state index contributed by atoms with van der Waals surface area (Å²) in [7, 11) is 0. The average Bonchev–Trinajstić information content (AvgIpc) is 3.22. The molecule has 3 saturated heterocycles. The Bertz CT molecular complexity index is 733. The van der Waals surface area contributed by atoms with E-state index < -0.39 is 0 Å². The molecule has 0 spiro atoms. The highest BCUT2D eigenvalue weighted by atomic mass is 16.2. The zero-order valence-electron chi connectivity index (χ0n) is 20.1. The minimum atomic E-state index is 0.0842. The maximum Gasteiger partial charge on any atom is 0.225 e. The first kappa shape index (κ1) is 23.3. The minimum Gasteiger partial charge on any atom is -0.356 e. The first-order valence-corrected chi connectivity index (χ1v) is 13.0. The van der Waals surface area contributed by atoms with Gasteiger partial charge in [-0.15, -0.1) is 0 Å². The normalized spacial score (nSPS) is 26.0. The van der Waals surface area contributed by atoms with Gasteiger partial charge in [0, 0.05) is 56.9 Å². The molecule has 1 N–H and O–H groups in total. The Kier molecular flexibility index (Phi) is 8.22. The first-order chi connectivity index (χ1) is 15.6. The Morgan fingerprint density at radius 2 is 1.75 bits per heavy atom. The van der Waals surface area contributed by atoms with E-state index in [0.29, 0.717) is 18.0 Å². The number of nitrogens with one attached hydrogen (secondary N) is 1. The van der Waals surface area contributed by atoms with Crippen molar-refractivity contribution in [3.8, 4) is 0 Å². The molecule has 4 heterocycles. The number of carbonyl (C=O) groups is 1. The number of hydrogen-bond acceptors (Lipinski definition) is 6. The average molecular weight is 443 g/mol. The van der Waals surface area contributed by atoms with Crippen molar-refractivity contribution in [3.63, 3.8) is 0 Å². The molecular weight excluding hydrogens is 400 g/mol. The van der Waals surface area contributed by atoms with Crippen molar-refractivity contribution < 1.29 is 4.79 Å². The molecule has 4 rings (SSSR count). The van der Waals surface area contributed by atoms with Gasteiger partial charge in [-0.2, -0.15) is 4.98 Å². The largest absolute Gasteiger partial charge is 0.356 e. The Morgan fingerprint density at radius 1 is 0.969 bits per heavy atom. The van der Waals surface area contributed by atoms with E-state index in [1.54, 1.807) is 0 Å². The molecule has 3 aliphatic rings. The van der Waals surface area contributed by atoms with Crippen LogP contribution in [0.5, 0.6) is 0 Å². The van der Waals surface area contributed by atoms with Gasteiger partial charge in [0.15, 0.2) is 0 Å². The molecule has 1 amide bonds. The van der Waals surface area contributed by atoms with Crippen LogP contribution in [0.1, 0.15) is 71.6 Å². The van der Waals surface area contributed by atoms with Crippen LogP contribution in [0, 0.1) is 5.92 Å². The highest BCUT2D eigenvalue weighted by Crippen LogP contribution is 2.23. The molecular formula is C25H42N6O. The molecule has 7 heteroatoms. The van der Waals surface area contributed by atoms with Crippen molar-refractivity contribution >= 4 is 17.7 Å². The third-order valence-corrected chi connectivity index (χ3v) is 7.33. The van der Waals surface area contributed by atoms with Gasteiger partial charge in [0.2, 0.25) is 11.9 Å². The maximum atomic E-state index is 12.6. The van der Waals surface area contributed by atoms with Crippen molar-refractivity contribution in [2.45, 2.75) is 83.7 Å². The Labute approximate surface area is 194 Å². The summed E-state index contributed by atoms with van der Waals surface area (Å²) in [6, 6.07) is 2.88. The van der Waals surface area contributed by atoms with Crippen LogP contribution in [0.4, 0.5) is 11.8 Å². The summed E-state index contributed by atoms with van der Waals surface area (Å²) < 4.78 is 0. The third-order valence-electron chi connectivity index (χ3n) is 7.33. The smallest absolute Gasteiger partial charge is 0.225 e. The minimum absolute atomic E-state index is 0.0842. The molecule has 32 heavy (non-hydrogen) atoms. The lowest BCUT2D eigenvalue weighted by molar-refractivity contribution is -0.136. The van der Waals surface area contributed by atoms with E-state index in [4.69, 9.17) is 4.98 Å². The van der Waals surface area contributed by atoms with E-state index in [1.165, 1.54) is 44.9 Å². The first-order valence-electron chi connectivity index (χ1n) is 13.0. The summed E-state index contributed by atoms with van der Waals surface area (Å²) in [5.41, 5.74) is 0. The second-order valence-electron chi connectivity index (χ2n) is 10.2. The van der Waals surface area contributed by atoms with Crippen LogP contribution in [0.15, 0.2) is 12.3 Å². The van der Waals surface area contributed by atoms with Crippen molar-refractivity contribution in [1.29, 1.82) is 0 Å². The van der Waals surface area contributed by atoms with Crippen molar-refractivity contribution in [1.82, 2.24) is 19.8 Å². The Morgan fingerprint density at radius 3 is 2.53 bits per heavy atom. The second kappa shape index (κ2) is 11.3. The SMILES string of the molecule is CC(C)C(=O)N1CCCC(N2CCCCC(Nc3nccc(N4CCCCCC4)n3)C2)C1. The van der Waals surface area contributed by atoms with Gasteiger partial charge >= 0.3 is 0 Å². The van der Waals surface area contributed by atoms with Gasteiger partial charge in [-0.1, -0.05) is 33.1 Å². The summed E-state index contributed by atoms with van der Waals surface area (Å²) in [5.74, 6) is 2.21. The maximum absolute atomic E-state index is 12.6. The van der Waals surface area contributed by atoms with Crippen molar-refractivity contribution in [2.24, 2.45) is 5.92 Å². The number of piperidine rings is 1. The number of anilines is 2. The molecule has 7 nitrogen and oxygen atoms in total. The van der Waals surface area contributed by atoms with Crippen LogP contribution in [-0.2, 0) is 4.79 Å². The molecule has 0 radical (unpaired) electrons. The van der Waals surface area contributed by atoms with E-state index >= 15 is 0 Å². The summed E-state index contributed by atoms with van der Waals surface area (Å²) in [4.78, 5) is 29.1. The van der Waals surface area contributed by atoms with Gasteiger partial charge in [0.25, 0.3) is 0 Å². The standard InChI is InChI=1S/C25H42N6O/c1-20(2)24(32)31-17-9-11-22(19-31)30-16-8-5-10-21(18-30)27-25-26-13-12-23(28-25)29-14-6-3-4-7-15-29/h12-13,20-22H,3-11,14-19H2,1-2H3,(H,26,27,28). The number of likely N-dealkylation sites (tertiary alicyclic amines) is 2. The predicted octanol–water partition coefficient (Wildman–Crippen LogP) is 3.77. The molecule has 3 fully saturated rings. The molecule has 1 aromatic rings. The van der Waals surface area contributed by atoms with Crippen molar-refractivity contribution in [2.75, 3.05) is 49.5 Å². The van der Waals surface area contributed by atoms with Crippen LogP contribution in [0.2, 0.25) is 0 Å². The summed E-state index contributed by atoms with van der Waals surface area (Å²) >= 11 is 0. The molecule has 0 aliphatic carbocycles. The fraction of sp³-hybridized carbons (Fsp3) is 0.800. The zero-order valence-corrected chi connectivity index (χ0v) is 20.1. The highest BCUT2D eigenvalue weighted by molar-refractivity contribution is 5.78. The molecule has 2 unspecified atom stereocenters. The summed E-state index contributed by atoms with van der Waals surface area (Å²) in [6.07, 6.45) is 13.0. The summed E-state index contributed by atoms with van der Waals surface area (Å²) in [6.45, 7) is 10.1. The van der Waals surface area contributed by atoms with Crippen LogP contribution >= 0.6 is 0 Å². The number of hydrogen-bond donors (Lipinski definition) is 1. The quantitative estimate of drug-likeness (QED) is 0.749. The number of amides is 1. The van der Waals surface area contributed by atoms with E-state index in [2.05, 4.69) is 31.1 Å². The van der Waals surface area contributed by atoms with E-state index in [1.807, 2.05) is 20.0 Å². The van der Waals surface area contributed by atoms with Gasteiger partial charge in [-0.25, -0.2) is 4.98 Å². The Hall–Kier alpha value is -1.89. The van der Waals surface area contributed by atoms with Crippen LogP contribution in [0.25, 0.3) is 0 Å². The molecule has 2 atom stereocenters.